The van der Waals surface area contributed by atoms with E-state index in [0.29, 0.717) is 0 Å². The van der Waals surface area contributed by atoms with Crippen molar-refractivity contribution in [2.24, 2.45) is 0 Å². The summed E-state index contributed by atoms with van der Waals surface area (Å²) in [5.74, 6) is -6.86. The Bertz CT molecular complexity index is 2770. The molecule has 0 aliphatic carbocycles. The molecule has 0 spiro atoms. The van der Waals surface area contributed by atoms with E-state index in [0.717, 1.165) is 0 Å². The normalized spacial score (nSPS) is 11.2. The Labute approximate surface area is 508 Å². The third-order valence-corrected chi connectivity index (χ3v) is 40.2. The maximum absolute atomic E-state index is 4.12. The Morgan fingerprint density at radius 3 is 0.237 bits per heavy atom. The molecular formula is C72H60Br4P4+4. The lowest BCUT2D eigenvalue weighted by Crippen LogP contribution is -2.26. The topological polar surface area (TPSA) is 0 Å². The molecule has 0 saturated heterocycles. The second-order valence-electron chi connectivity index (χ2n) is 18.4. The van der Waals surface area contributed by atoms with Gasteiger partial charge in [0.25, 0.3) is 0 Å². The van der Waals surface area contributed by atoms with Gasteiger partial charge in [-0.1, -0.05) is 218 Å². The van der Waals surface area contributed by atoms with E-state index in [2.05, 4.69) is 426 Å². The quantitative estimate of drug-likeness (QED) is 0.107. The highest BCUT2D eigenvalue weighted by atomic mass is 79.9. The SMILES string of the molecule is Br[P+](c1ccccc1)(c1ccccc1)c1ccccc1.Br[P+](c1ccccc1)(c1ccccc1)c1ccccc1.Br[P+](c1ccccc1)(c1ccccc1)c1ccccc1.Br[P+](c1ccccc1)(c1ccccc1)c1ccccc1. The molecular weight excluding hydrogens is 1310 g/mol. The minimum absolute atomic E-state index is 1.34. The van der Waals surface area contributed by atoms with Crippen molar-refractivity contribution < 1.29 is 0 Å². The third-order valence-electron chi connectivity index (χ3n) is 13.3. The second kappa shape index (κ2) is 29.3. The predicted molar refractivity (Wildman–Crippen MR) is 376 cm³/mol. The zero-order valence-electron chi connectivity index (χ0n) is 43.9. The van der Waals surface area contributed by atoms with Crippen LogP contribution in [0.2, 0.25) is 0 Å². The molecule has 12 rings (SSSR count). The fourth-order valence-electron chi connectivity index (χ4n) is 9.39. The fourth-order valence-corrected chi connectivity index (χ4v) is 28.5. The average molecular weight is 1370 g/mol. The molecule has 0 saturated carbocycles. The Morgan fingerprint density at radius 1 is 0.113 bits per heavy atom. The van der Waals surface area contributed by atoms with Gasteiger partial charge < -0.3 is 0 Å². The van der Waals surface area contributed by atoms with Gasteiger partial charge in [0.15, 0.2) is 85.8 Å². The summed E-state index contributed by atoms with van der Waals surface area (Å²) in [5, 5.41) is 16.1. The van der Waals surface area contributed by atoms with Crippen LogP contribution in [-0.2, 0) is 0 Å². The van der Waals surface area contributed by atoms with Crippen LogP contribution in [0.25, 0.3) is 0 Å². The van der Waals surface area contributed by atoms with Crippen LogP contribution in [0.3, 0.4) is 0 Å². The van der Waals surface area contributed by atoms with E-state index in [1.807, 2.05) is 0 Å². The van der Waals surface area contributed by atoms with E-state index in [1.165, 1.54) is 63.7 Å². The monoisotopic (exact) mass is 1360 g/mol. The predicted octanol–water partition coefficient (Wildman–Crippen LogP) is 17.2. The van der Waals surface area contributed by atoms with Crippen LogP contribution >= 0.6 is 85.8 Å². The molecule has 0 amide bonds. The van der Waals surface area contributed by atoms with Crippen molar-refractivity contribution in [3.05, 3.63) is 364 Å². The molecule has 0 N–H and O–H groups in total. The van der Waals surface area contributed by atoms with Gasteiger partial charge in [0, 0.05) is 0 Å². The first-order chi connectivity index (χ1) is 39.3. The van der Waals surface area contributed by atoms with Crippen LogP contribution in [0.1, 0.15) is 0 Å². The van der Waals surface area contributed by atoms with Gasteiger partial charge in [-0.25, -0.2) is 0 Å². The maximum atomic E-state index is 4.12. The summed E-state index contributed by atoms with van der Waals surface area (Å²) in [6.45, 7) is 0. The molecule has 0 nitrogen and oxygen atoms in total. The van der Waals surface area contributed by atoms with E-state index in [4.69, 9.17) is 0 Å². The van der Waals surface area contributed by atoms with Crippen LogP contribution in [0, 0.1) is 0 Å². The molecule has 0 fully saturated rings. The molecule has 0 heterocycles. The third kappa shape index (κ3) is 13.9. The lowest BCUT2D eigenvalue weighted by molar-refractivity contribution is 1.73. The van der Waals surface area contributed by atoms with Crippen molar-refractivity contribution in [3.8, 4) is 0 Å². The largest absolute Gasteiger partial charge is 0.181 e. The smallest absolute Gasteiger partial charge is 0.0620 e. The zero-order valence-corrected chi connectivity index (χ0v) is 53.9. The Hall–Kier alpha value is -5.72. The first kappa shape index (κ1) is 58.9. The van der Waals surface area contributed by atoms with Crippen molar-refractivity contribution in [1.29, 1.82) is 0 Å². The second-order valence-corrected chi connectivity index (χ2v) is 42.1. The van der Waals surface area contributed by atoms with Crippen molar-refractivity contribution in [2.75, 3.05) is 0 Å². The van der Waals surface area contributed by atoms with Crippen LogP contribution < -0.4 is 63.7 Å². The summed E-state index contributed by atoms with van der Waals surface area (Å²) >= 11 is 16.5. The maximum Gasteiger partial charge on any atom is 0.181 e. The van der Waals surface area contributed by atoms with E-state index >= 15 is 0 Å². The van der Waals surface area contributed by atoms with Crippen LogP contribution in [0.4, 0.5) is 0 Å². The van der Waals surface area contributed by atoms with E-state index in [-0.39, 0.29) is 0 Å². The van der Waals surface area contributed by atoms with Gasteiger partial charge >= 0.3 is 0 Å². The summed E-state index contributed by atoms with van der Waals surface area (Å²) in [6.07, 6.45) is 0. The van der Waals surface area contributed by atoms with Gasteiger partial charge in [-0.3, -0.25) is 0 Å². The summed E-state index contributed by atoms with van der Waals surface area (Å²) < 4.78 is 0. The molecule has 0 aliphatic rings. The summed E-state index contributed by atoms with van der Waals surface area (Å²) in [4.78, 5) is 0. The molecule has 0 radical (unpaired) electrons. The highest BCUT2D eigenvalue weighted by Crippen LogP contribution is 2.65. The van der Waals surface area contributed by atoms with Crippen LogP contribution in [0.15, 0.2) is 364 Å². The Kier molecular flexibility index (Phi) is 21.6. The molecule has 0 atom stereocenters. The molecule has 0 aromatic heterocycles. The summed E-state index contributed by atoms with van der Waals surface area (Å²) in [7, 11) is 0. The minimum Gasteiger partial charge on any atom is -0.0620 e. The van der Waals surface area contributed by atoms with Gasteiger partial charge in [-0.15, -0.1) is 0 Å². The fraction of sp³-hybridized carbons (Fsp3) is 0. The van der Waals surface area contributed by atoms with Gasteiger partial charge in [0.2, 0.25) is 0 Å². The van der Waals surface area contributed by atoms with E-state index in [9.17, 15) is 0 Å². The molecule has 12 aromatic rings. The first-order valence-corrected chi connectivity index (χ1v) is 41.5. The van der Waals surface area contributed by atoms with Gasteiger partial charge in [-0.05, 0) is 146 Å². The van der Waals surface area contributed by atoms with Gasteiger partial charge in [0.1, 0.15) is 63.7 Å². The van der Waals surface area contributed by atoms with Crippen molar-refractivity contribution >= 4 is 149 Å². The highest BCUT2D eigenvalue weighted by Gasteiger charge is 2.46. The Balaban J connectivity index is 0.000000129. The lowest BCUT2D eigenvalue weighted by atomic mass is 10.4. The molecule has 80 heavy (non-hydrogen) atoms. The number of benzene rings is 12. The van der Waals surface area contributed by atoms with Crippen LogP contribution in [0.5, 0.6) is 0 Å². The van der Waals surface area contributed by atoms with Crippen molar-refractivity contribution in [2.45, 2.75) is 0 Å². The van der Waals surface area contributed by atoms with Gasteiger partial charge in [0.05, 0.1) is 0 Å². The first-order valence-electron chi connectivity index (χ1n) is 26.3. The van der Waals surface area contributed by atoms with Crippen molar-refractivity contribution in [1.82, 2.24) is 0 Å². The standard InChI is InChI=1S/4C18H15BrP/c4*19-20(16-10-4-1-5-11-16,17-12-6-2-7-13-17)18-14-8-3-9-15-18/h4*1-15H/q4*+1. The molecule has 0 unspecified atom stereocenters. The zero-order chi connectivity index (χ0) is 55.4. The molecule has 0 bridgehead atoms. The molecule has 8 heteroatoms. The molecule has 0 aliphatic heterocycles. The summed E-state index contributed by atoms with van der Waals surface area (Å²) in [5.41, 5.74) is 0. The summed E-state index contributed by atoms with van der Waals surface area (Å²) in [6, 6.07) is 128. The average Bonchev–Trinajstić information content (AvgIpc) is 3.63. The molecule has 12 aromatic carbocycles. The number of rotatable bonds is 12. The number of hydrogen-bond acceptors (Lipinski definition) is 0. The Morgan fingerprint density at radius 2 is 0.175 bits per heavy atom. The van der Waals surface area contributed by atoms with E-state index in [1.54, 1.807) is 0 Å². The minimum atomic E-state index is -1.71. The lowest BCUT2D eigenvalue weighted by Gasteiger charge is -2.19. The molecule has 392 valence electrons. The van der Waals surface area contributed by atoms with Crippen molar-refractivity contribution in [3.63, 3.8) is 0 Å². The number of hydrogen-bond donors (Lipinski definition) is 0. The van der Waals surface area contributed by atoms with Gasteiger partial charge in [-0.2, -0.15) is 0 Å². The highest BCUT2D eigenvalue weighted by molar-refractivity contribution is 9.45. The van der Waals surface area contributed by atoms with Crippen LogP contribution in [-0.4, -0.2) is 0 Å². The van der Waals surface area contributed by atoms with E-state index < -0.39 is 23.9 Å². The number of halogens is 4.